The van der Waals surface area contributed by atoms with Gasteiger partial charge in [-0.2, -0.15) is 11.8 Å². The van der Waals surface area contributed by atoms with E-state index in [1.54, 1.807) is 12.8 Å². The van der Waals surface area contributed by atoms with Gasteiger partial charge in [-0.25, -0.2) is 0 Å². The smallest absolute Gasteiger partial charge is 0.00805 e. The molecule has 0 bridgehead atoms. The summed E-state index contributed by atoms with van der Waals surface area (Å²) < 4.78 is 0. The normalized spacial score (nSPS) is 35.2. The quantitative estimate of drug-likeness (QED) is 0.798. The highest BCUT2D eigenvalue weighted by atomic mass is 32.2. The lowest BCUT2D eigenvalue weighted by Crippen LogP contribution is -2.41. The van der Waals surface area contributed by atoms with Gasteiger partial charge in [0.25, 0.3) is 0 Å². The van der Waals surface area contributed by atoms with E-state index in [-0.39, 0.29) is 0 Å². The molecule has 1 spiro atoms. The Morgan fingerprint density at radius 2 is 1.68 bits per heavy atom. The average Bonchev–Trinajstić information content (AvgIpc) is 3.04. The van der Waals surface area contributed by atoms with E-state index >= 15 is 0 Å². The van der Waals surface area contributed by atoms with E-state index < -0.39 is 0 Å². The van der Waals surface area contributed by atoms with E-state index in [2.05, 4.69) is 24.0 Å². The molecule has 3 saturated carbocycles. The van der Waals surface area contributed by atoms with Gasteiger partial charge < -0.3 is 5.32 Å². The second-order valence-corrected chi connectivity index (χ2v) is 8.81. The molecule has 0 aliphatic heterocycles. The first-order valence-corrected chi connectivity index (χ1v) is 9.72. The van der Waals surface area contributed by atoms with Crippen molar-refractivity contribution >= 4 is 11.8 Å². The molecule has 1 nitrogen and oxygen atoms in total. The highest BCUT2D eigenvalue weighted by Crippen LogP contribution is 2.49. The van der Waals surface area contributed by atoms with E-state index in [0.29, 0.717) is 0 Å². The van der Waals surface area contributed by atoms with Gasteiger partial charge in [-0.15, -0.1) is 0 Å². The molecule has 110 valence electrons. The van der Waals surface area contributed by atoms with E-state index in [1.807, 2.05) is 0 Å². The van der Waals surface area contributed by atoms with Gasteiger partial charge in [-0.1, -0.05) is 19.8 Å². The molecule has 0 aromatic rings. The first kappa shape index (κ1) is 14.3. The first-order chi connectivity index (χ1) is 9.30. The molecule has 2 heteroatoms. The van der Waals surface area contributed by atoms with Gasteiger partial charge in [-0.05, 0) is 69.0 Å². The fourth-order valence-electron chi connectivity index (χ4n) is 4.83. The van der Waals surface area contributed by atoms with Crippen molar-refractivity contribution in [2.75, 3.05) is 5.75 Å². The second-order valence-electron chi connectivity index (χ2n) is 7.24. The van der Waals surface area contributed by atoms with Crippen LogP contribution in [0.3, 0.4) is 0 Å². The average molecular weight is 282 g/mol. The van der Waals surface area contributed by atoms with Crippen molar-refractivity contribution in [1.29, 1.82) is 0 Å². The topological polar surface area (TPSA) is 12.0 Å². The van der Waals surface area contributed by atoms with Crippen molar-refractivity contribution in [3.8, 4) is 0 Å². The molecular formula is C17H31NS. The van der Waals surface area contributed by atoms with Crippen LogP contribution in [0.2, 0.25) is 0 Å². The highest BCUT2D eigenvalue weighted by Gasteiger charge is 2.38. The minimum atomic E-state index is 0.800. The standard InChI is InChI=1S/C17H31NS/c1-2-19-16-6-5-15(13-16)18-14-7-11-17(12-8-14)9-3-4-10-17/h14-16,18H,2-13H2,1H3. The molecule has 0 aromatic heterocycles. The summed E-state index contributed by atoms with van der Waals surface area (Å²) in [5.41, 5.74) is 0.800. The van der Waals surface area contributed by atoms with Crippen LogP contribution in [0.15, 0.2) is 0 Å². The van der Waals surface area contributed by atoms with Crippen LogP contribution in [-0.4, -0.2) is 23.1 Å². The molecule has 2 atom stereocenters. The van der Waals surface area contributed by atoms with Gasteiger partial charge >= 0.3 is 0 Å². The molecule has 3 aliphatic rings. The summed E-state index contributed by atoms with van der Waals surface area (Å²) in [6, 6.07) is 1.69. The van der Waals surface area contributed by atoms with Crippen molar-refractivity contribution in [2.45, 2.75) is 94.9 Å². The van der Waals surface area contributed by atoms with Crippen LogP contribution in [0.25, 0.3) is 0 Å². The lowest BCUT2D eigenvalue weighted by molar-refractivity contribution is 0.163. The van der Waals surface area contributed by atoms with E-state index in [0.717, 1.165) is 22.7 Å². The van der Waals surface area contributed by atoms with Crippen molar-refractivity contribution in [1.82, 2.24) is 5.32 Å². The maximum absolute atomic E-state index is 4.00. The van der Waals surface area contributed by atoms with Gasteiger partial charge in [0.15, 0.2) is 0 Å². The predicted molar refractivity (Wildman–Crippen MR) is 85.9 cm³/mol. The van der Waals surface area contributed by atoms with E-state index in [1.165, 1.54) is 63.5 Å². The summed E-state index contributed by atoms with van der Waals surface area (Å²) in [5.74, 6) is 1.29. The summed E-state index contributed by atoms with van der Waals surface area (Å²) in [7, 11) is 0. The third kappa shape index (κ3) is 3.50. The molecule has 0 radical (unpaired) electrons. The Balaban J connectivity index is 1.40. The molecule has 0 saturated heterocycles. The molecule has 2 unspecified atom stereocenters. The van der Waals surface area contributed by atoms with Crippen LogP contribution in [0, 0.1) is 5.41 Å². The summed E-state index contributed by atoms with van der Waals surface area (Å²) in [5, 5.41) is 4.95. The molecule has 3 aliphatic carbocycles. The van der Waals surface area contributed by atoms with Gasteiger partial charge in [0.2, 0.25) is 0 Å². The Labute approximate surface area is 123 Å². The number of rotatable bonds is 4. The maximum atomic E-state index is 4.00. The lowest BCUT2D eigenvalue weighted by atomic mass is 9.71. The Bertz CT molecular complexity index is 275. The number of thioether (sulfide) groups is 1. The number of nitrogens with one attached hydrogen (secondary N) is 1. The molecule has 0 aromatic carbocycles. The summed E-state index contributed by atoms with van der Waals surface area (Å²) >= 11 is 2.18. The molecule has 3 rings (SSSR count). The van der Waals surface area contributed by atoms with Crippen LogP contribution < -0.4 is 5.32 Å². The fraction of sp³-hybridized carbons (Fsp3) is 1.00. The largest absolute Gasteiger partial charge is 0.311 e. The Kier molecular flexibility index (Phi) is 4.79. The van der Waals surface area contributed by atoms with Crippen molar-refractivity contribution < 1.29 is 0 Å². The van der Waals surface area contributed by atoms with Crippen molar-refractivity contribution in [3.63, 3.8) is 0 Å². The molecule has 1 N–H and O–H groups in total. The van der Waals surface area contributed by atoms with Crippen LogP contribution in [0.5, 0.6) is 0 Å². The van der Waals surface area contributed by atoms with Crippen LogP contribution in [-0.2, 0) is 0 Å². The maximum Gasteiger partial charge on any atom is 0.00805 e. The van der Waals surface area contributed by atoms with Gasteiger partial charge in [0.1, 0.15) is 0 Å². The fourth-order valence-corrected chi connectivity index (χ4v) is 5.98. The van der Waals surface area contributed by atoms with E-state index in [4.69, 9.17) is 0 Å². The number of hydrogen-bond acceptors (Lipinski definition) is 2. The minimum Gasteiger partial charge on any atom is -0.311 e. The monoisotopic (exact) mass is 281 g/mol. The summed E-state index contributed by atoms with van der Waals surface area (Å²) in [4.78, 5) is 0. The highest BCUT2D eigenvalue weighted by molar-refractivity contribution is 7.99. The van der Waals surface area contributed by atoms with Crippen LogP contribution in [0.1, 0.15) is 77.6 Å². The van der Waals surface area contributed by atoms with Crippen LogP contribution >= 0.6 is 11.8 Å². The van der Waals surface area contributed by atoms with Crippen molar-refractivity contribution in [2.24, 2.45) is 5.41 Å². The van der Waals surface area contributed by atoms with Gasteiger partial charge in [0.05, 0.1) is 0 Å². The third-order valence-corrected chi connectivity index (χ3v) is 7.20. The Hall–Kier alpha value is 0.310. The zero-order chi connectivity index (χ0) is 13.1. The summed E-state index contributed by atoms with van der Waals surface area (Å²) in [6.07, 6.45) is 16.4. The Morgan fingerprint density at radius 3 is 2.37 bits per heavy atom. The summed E-state index contributed by atoms with van der Waals surface area (Å²) in [6.45, 7) is 2.30. The lowest BCUT2D eigenvalue weighted by Gasteiger charge is -2.38. The molecule has 0 amide bonds. The molecule has 19 heavy (non-hydrogen) atoms. The SMILES string of the molecule is CCSC1CCC(NC2CCC3(CCCC3)CC2)C1. The van der Waals surface area contributed by atoms with Gasteiger partial charge in [-0.3, -0.25) is 0 Å². The van der Waals surface area contributed by atoms with Gasteiger partial charge in [0, 0.05) is 17.3 Å². The Morgan fingerprint density at radius 1 is 0.947 bits per heavy atom. The molecule has 0 heterocycles. The van der Waals surface area contributed by atoms with Crippen LogP contribution in [0.4, 0.5) is 0 Å². The van der Waals surface area contributed by atoms with Crippen molar-refractivity contribution in [3.05, 3.63) is 0 Å². The predicted octanol–water partition coefficient (Wildman–Crippen LogP) is 4.75. The molecule has 3 fully saturated rings. The second kappa shape index (κ2) is 6.39. The molecular weight excluding hydrogens is 250 g/mol. The zero-order valence-electron chi connectivity index (χ0n) is 12.6. The zero-order valence-corrected chi connectivity index (χ0v) is 13.4. The first-order valence-electron chi connectivity index (χ1n) is 8.67. The number of hydrogen-bond donors (Lipinski definition) is 1. The third-order valence-electron chi connectivity index (χ3n) is 5.97. The van der Waals surface area contributed by atoms with E-state index in [9.17, 15) is 0 Å². The minimum absolute atomic E-state index is 0.800.